The molecule has 0 amide bonds. The van der Waals surface area contributed by atoms with Gasteiger partial charge in [-0.3, -0.25) is 0 Å². The molecule has 20 heavy (non-hydrogen) atoms. The van der Waals surface area contributed by atoms with Crippen molar-refractivity contribution in [2.45, 2.75) is 42.4 Å². The highest BCUT2D eigenvalue weighted by Crippen LogP contribution is 2.47. The third kappa shape index (κ3) is 2.77. The number of thioether (sulfide) groups is 1. The summed E-state index contributed by atoms with van der Waals surface area (Å²) in [6, 6.07) is 4.16. The minimum Gasteiger partial charge on any atom is -0.497 e. The first-order chi connectivity index (χ1) is 9.70. The number of benzene rings is 1. The number of hydrogen-bond acceptors (Lipinski definition) is 4. The average molecular weight is 295 g/mol. The van der Waals surface area contributed by atoms with Crippen LogP contribution in [0.1, 0.15) is 37.7 Å². The van der Waals surface area contributed by atoms with E-state index < -0.39 is 0 Å². The van der Waals surface area contributed by atoms with Gasteiger partial charge in [0, 0.05) is 17.5 Å². The fourth-order valence-corrected chi connectivity index (χ4v) is 3.88. The largest absolute Gasteiger partial charge is 0.497 e. The second kappa shape index (κ2) is 6.72. The lowest BCUT2D eigenvalue weighted by Gasteiger charge is -2.38. The molecule has 0 saturated heterocycles. The summed E-state index contributed by atoms with van der Waals surface area (Å²) in [5.74, 6) is 1.87. The number of ether oxygens (including phenoxy) is 2. The maximum atomic E-state index is 6.17. The van der Waals surface area contributed by atoms with Gasteiger partial charge in [-0.2, -0.15) is 0 Å². The Balaban J connectivity index is 2.57. The van der Waals surface area contributed by atoms with E-state index in [1.807, 2.05) is 6.07 Å². The summed E-state index contributed by atoms with van der Waals surface area (Å²) >= 11 is 1.69. The van der Waals surface area contributed by atoms with Gasteiger partial charge in [-0.05, 0) is 31.2 Å². The van der Waals surface area contributed by atoms with E-state index in [9.17, 15) is 0 Å². The van der Waals surface area contributed by atoms with Crippen LogP contribution in [0.2, 0.25) is 0 Å². The predicted octanol–water partition coefficient (Wildman–Crippen LogP) is 3.59. The van der Waals surface area contributed by atoms with Crippen LogP contribution < -0.4 is 15.2 Å². The van der Waals surface area contributed by atoms with Gasteiger partial charge >= 0.3 is 0 Å². The van der Waals surface area contributed by atoms with E-state index in [0.29, 0.717) is 6.54 Å². The van der Waals surface area contributed by atoms with Crippen molar-refractivity contribution in [2.75, 3.05) is 27.0 Å². The zero-order valence-electron chi connectivity index (χ0n) is 12.7. The molecular weight excluding hydrogens is 270 g/mol. The Hall–Kier alpha value is -0.870. The van der Waals surface area contributed by atoms with Gasteiger partial charge < -0.3 is 15.2 Å². The lowest BCUT2D eigenvalue weighted by atomic mass is 9.69. The van der Waals surface area contributed by atoms with Crippen molar-refractivity contribution >= 4 is 11.8 Å². The fraction of sp³-hybridized carbons (Fsp3) is 0.625. The van der Waals surface area contributed by atoms with Crippen LogP contribution >= 0.6 is 11.8 Å². The fourth-order valence-electron chi connectivity index (χ4n) is 3.26. The molecule has 1 aliphatic carbocycles. The van der Waals surface area contributed by atoms with Crippen molar-refractivity contribution in [2.24, 2.45) is 5.73 Å². The van der Waals surface area contributed by atoms with E-state index in [1.54, 1.807) is 26.0 Å². The Morgan fingerprint density at radius 1 is 1.15 bits per heavy atom. The van der Waals surface area contributed by atoms with Crippen molar-refractivity contribution in [1.29, 1.82) is 0 Å². The molecule has 0 unspecified atom stereocenters. The molecule has 1 aromatic rings. The maximum absolute atomic E-state index is 6.17. The molecule has 2 rings (SSSR count). The lowest BCUT2D eigenvalue weighted by Crippen LogP contribution is -2.37. The minimum atomic E-state index is 0.0443. The summed E-state index contributed by atoms with van der Waals surface area (Å²) in [6.07, 6.45) is 8.14. The summed E-state index contributed by atoms with van der Waals surface area (Å²) < 4.78 is 11.2. The Morgan fingerprint density at radius 2 is 1.85 bits per heavy atom. The smallest absolute Gasteiger partial charge is 0.136 e. The highest BCUT2D eigenvalue weighted by atomic mass is 32.2. The van der Waals surface area contributed by atoms with Crippen LogP contribution in [-0.2, 0) is 5.41 Å². The van der Waals surface area contributed by atoms with Crippen LogP contribution in [0.15, 0.2) is 17.0 Å². The van der Waals surface area contributed by atoms with Gasteiger partial charge in [-0.1, -0.05) is 19.3 Å². The van der Waals surface area contributed by atoms with Gasteiger partial charge in [0.25, 0.3) is 0 Å². The highest BCUT2D eigenvalue weighted by molar-refractivity contribution is 7.98. The highest BCUT2D eigenvalue weighted by Gasteiger charge is 2.36. The van der Waals surface area contributed by atoms with Gasteiger partial charge in [0.2, 0.25) is 0 Å². The molecule has 4 heteroatoms. The zero-order valence-corrected chi connectivity index (χ0v) is 13.5. The first-order valence-corrected chi connectivity index (χ1v) is 8.44. The molecule has 0 aliphatic heterocycles. The van der Waals surface area contributed by atoms with Gasteiger partial charge in [-0.15, -0.1) is 11.8 Å². The monoisotopic (exact) mass is 295 g/mol. The molecule has 1 aromatic carbocycles. The molecule has 0 atom stereocenters. The second-order valence-corrected chi connectivity index (χ2v) is 6.30. The molecule has 0 aromatic heterocycles. The SMILES string of the molecule is COc1cc(SC)c(OC)c(C2(CN)CCCCC2)c1. The van der Waals surface area contributed by atoms with Crippen LogP contribution in [0.25, 0.3) is 0 Å². The Bertz CT molecular complexity index is 456. The van der Waals surface area contributed by atoms with E-state index >= 15 is 0 Å². The molecule has 1 aliphatic rings. The molecule has 1 fully saturated rings. The standard InChI is InChI=1S/C16H25NO2S/c1-18-12-9-13(15(19-2)14(10-12)20-3)16(11-17)7-5-4-6-8-16/h9-10H,4-8,11,17H2,1-3H3. The summed E-state index contributed by atoms with van der Waals surface area (Å²) in [4.78, 5) is 1.13. The second-order valence-electron chi connectivity index (χ2n) is 5.46. The summed E-state index contributed by atoms with van der Waals surface area (Å²) in [5, 5.41) is 0. The van der Waals surface area contributed by atoms with E-state index in [4.69, 9.17) is 15.2 Å². The Kier molecular flexibility index (Phi) is 5.22. The van der Waals surface area contributed by atoms with E-state index in [2.05, 4.69) is 12.3 Å². The van der Waals surface area contributed by atoms with Crippen molar-refractivity contribution < 1.29 is 9.47 Å². The number of hydrogen-bond donors (Lipinski definition) is 1. The lowest BCUT2D eigenvalue weighted by molar-refractivity contribution is 0.284. The molecule has 0 heterocycles. The van der Waals surface area contributed by atoms with Crippen molar-refractivity contribution in [3.63, 3.8) is 0 Å². The number of methoxy groups -OCH3 is 2. The Morgan fingerprint density at radius 3 is 2.35 bits per heavy atom. The van der Waals surface area contributed by atoms with Gasteiger partial charge in [-0.25, -0.2) is 0 Å². The quantitative estimate of drug-likeness (QED) is 0.843. The van der Waals surface area contributed by atoms with E-state index in [-0.39, 0.29) is 5.41 Å². The average Bonchev–Trinajstić information content (AvgIpc) is 2.53. The molecule has 1 saturated carbocycles. The molecular formula is C16H25NO2S. The van der Waals surface area contributed by atoms with Gasteiger partial charge in [0.05, 0.1) is 19.1 Å². The molecule has 2 N–H and O–H groups in total. The first-order valence-electron chi connectivity index (χ1n) is 7.21. The normalized spacial score (nSPS) is 17.8. The summed E-state index contributed by atoms with van der Waals surface area (Å²) in [7, 11) is 3.46. The minimum absolute atomic E-state index is 0.0443. The molecule has 112 valence electrons. The zero-order chi connectivity index (χ0) is 14.6. The molecule has 0 radical (unpaired) electrons. The van der Waals surface area contributed by atoms with Crippen LogP contribution in [0, 0.1) is 0 Å². The third-order valence-electron chi connectivity index (χ3n) is 4.46. The van der Waals surface area contributed by atoms with Crippen LogP contribution in [0.4, 0.5) is 0 Å². The van der Waals surface area contributed by atoms with Crippen molar-refractivity contribution in [3.05, 3.63) is 17.7 Å². The number of nitrogens with two attached hydrogens (primary N) is 1. The van der Waals surface area contributed by atoms with Crippen LogP contribution in [0.5, 0.6) is 11.5 Å². The number of rotatable bonds is 5. The van der Waals surface area contributed by atoms with E-state index in [1.165, 1.54) is 24.8 Å². The van der Waals surface area contributed by atoms with Crippen LogP contribution in [0.3, 0.4) is 0 Å². The van der Waals surface area contributed by atoms with Crippen molar-refractivity contribution in [3.8, 4) is 11.5 Å². The third-order valence-corrected chi connectivity index (χ3v) is 5.20. The maximum Gasteiger partial charge on any atom is 0.136 e. The topological polar surface area (TPSA) is 44.5 Å². The first kappa shape index (κ1) is 15.5. The molecule has 0 bridgehead atoms. The van der Waals surface area contributed by atoms with E-state index in [0.717, 1.165) is 29.2 Å². The Labute approximate surface area is 126 Å². The van der Waals surface area contributed by atoms with Gasteiger partial charge in [0.15, 0.2) is 0 Å². The summed E-state index contributed by atoms with van der Waals surface area (Å²) in [6.45, 7) is 0.671. The van der Waals surface area contributed by atoms with Gasteiger partial charge in [0.1, 0.15) is 11.5 Å². The van der Waals surface area contributed by atoms with Crippen LogP contribution in [-0.4, -0.2) is 27.0 Å². The van der Waals surface area contributed by atoms with Crippen molar-refractivity contribution in [1.82, 2.24) is 0 Å². The predicted molar refractivity (Wildman–Crippen MR) is 85.1 cm³/mol. The molecule has 3 nitrogen and oxygen atoms in total. The molecule has 0 spiro atoms. The summed E-state index contributed by atoms with van der Waals surface area (Å²) in [5.41, 5.74) is 7.45.